The van der Waals surface area contributed by atoms with E-state index in [2.05, 4.69) is 47.2 Å². The highest BCUT2D eigenvalue weighted by Crippen LogP contribution is 2.31. The topological polar surface area (TPSA) is 50.7 Å². The van der Waals surface area contributed by atoms with Gasteiger partial charge in [-0.25, -0.2) is 5.43 Å². The number of rotatable bonds is 5. The number of ether oxygens (including phenoxy) is 1. The lowest BCUT2D eigenvalue weighted by molar-refractivity contribution is -0.123. The van der Waals surface area contributed by atoms with Crippen molar-refractivity contribution in [2.75, 3.05) is 6.61 Å². The molecule has 0 unspecified atom stereocenters. The molecule has 0 saturated carbocycles. The largest absolute Gasteiger partial charge is 0.483 e. The van der Waals surface area contributed by atoms with E-state index >= 15 is 0 Å². The molecular weight excluding hydrogens is 376 g/mol. The molecule has 1 aromatic heterocycles. The van der Waals surface area contributed by atoms with Gasteiger partial charge in [0.2, 0.25) is 0 Å². The van der Waals surface area contributed by atoms with Gasteiger partial charge in [-0.1, -0.05) is 32.9 Å². The van der Waals surface area contributed by atoms with Crippen LogP contribution >= 0.6 is 27.3 Å². The maximum atomic E-state index is 11.7. The lowest BCUT2D eigenvalue weighted by atomic mass is 9.87. The van der Waals surface area contributed by atoms with Crippen LogP contribution in [0.3, 0.4) is 0 Å². The predicted molar refractivity (Wildman–Crippen MR) is 98.4 cm³/mol. The van der Waals surface area contributed by atoms with Crippen molar-refractivity contribution in [3.05, 3.63) is 50.6 Å². The van der Waals surface area contributed by atoms with Crippen LogP contribution in [0.15, 0.2) is 45.3 Å². The summed E-state index contributed by atoms with van der Waals surface area (Å²) >= 11 is 5.04. The van der Waals surface area contributed by atoms with E-state index in [-0.39, 0.29) is 17.9 Å². The summed E-state index contributed by atoms with van der Waals surface area (Å²) < 4.78 is 6.36. The highest BCUT2D eigenvalue weighted by molar-refractivity contribution is 9.10. The van der Waals surface area contributed by atoms with E-state index in [0.29, 0.717) is 5.75 Å². The van der Waals surface area contributed by atoms with E-state index in [4.69, 9.17) is 4.74 Å². The van der Waals surface area contributed by atoms with Crippen LogP contribution in [0.5, 0.6) is 5.75 Å². The van der Waals surface area contributed by atoms with Crippen molar-refractivity contribution in [3.8, 4) is 5.75 Å². The molecule has 0 aliphatic heterocycles. The number of amides is 1. The van der Waals surface area contributed by atoms with Crippen LogP contribution in [0.2, 0.25) is 0 Å². The molecule has 1 aromatic carbocycles. The van der Waals surface area contributed by atoms with Crippen LogP contribution in [0.1, 0.15) is 31.2 Å². The Hall–Kier alpha value is -1.66. The summed E-state index contributed by atoms with van der Waals surface area (Å²) in [5, 5.41) is 5.84. The Morgan fingerprint density at radius 1 is 1.39 bits per heavy atom. The van der Waals surface area contributed by atoms with Gasteiger partial charge in [0.05, 0.1) is 10.7 Å². The minimum absolute atomic E-state index is 0.0644. The van der Waals surface area contributed by atoms with E-state index in [1.54, 1.807) is 17.6 Å². The Kier molecular flexibility index (Phi) is 5.96. The fraction of sp³-hybridized carbons (Fsp3) is 0.294. The van der Waals surface area contributed by atoms with Gasteiger partial charge in [-0.3, -0.25) is 4.79 Å². The maximum Gasteiger partial charge on any atom is 0.277 e. The second-order valence-corrected chi connectivity index (χ2v) is 7.83. The summed E-state index contributed by atoms with van der Waals surface area (Å²) in [5.74, 6) is 0.333. The van der Waals surface area contributed by atoms with Gasteiger partial charge in [0.15, 0.2) is 6.61 Å². The van der Waals surface area contributed by atoms with Crippen LogP contribution in [0.25, 0.3) is 0 Å². The zero-order chi connectivity index (χ0) is 16.9. The molecule has 1 amide bonds. The molecule has 2 aromatic rings. The van der Waals surface area contributed by atoms with E-state index in [1.807, 2.05) is 35.7 Å². The van der Waals surface area contributed by atoms with E-state index in [0.717, 1.165) is 9.35 Å². The number of nitrogens with one attached hydrogen (secondary N) is 1. The highest BCUT2D eigenvalue weighted by Gasteiger charge is 2.15. The monoisotopic (exact) mass is 394 g/mol. The zero-order valence-electron chi connectivity index (χ0n) is 13.3. The molecule has 0 bridgehead atoms. The second-order valence-electron chi connectivity index (χ2n) is 5.99. The van der Waals surface area contributed by atoms with E-state index < -0.39 is 0 Å². The number of halogens is 1. The minimum atomic E-state index is -0.301. The van der Waals surface area contributed by atoms with Gasteiger partial charge < -0.3 is 4.74 Å². The number of thiophene rings is 1. The molecule has 0 fully saturated rings. The molecule has 0 aliphatic rings. The van der Waals surface area contributed by atoms with Crippen molar-refractivity contribution >= 4 is 39.4 Å². The van der Waals surface area contributed by atoms with Gasteiger partial charge >= 0.3 is 0 Å². The number of hydrogen-bond donors (Lipinski definition) is 1. The van der Waals surface area contributed by atoms with Crippen molar-refractivity contribution in [2.45, 2.75) is 26.2 Å². The van der Waals surface area contributed by atoms with Gasteiger partial charge in [-0.05, 0) is 50.5 Å². The first-order valence-corrected chi connectivity index (χ1v) is 8.82. The third-order valence-corrected chi connectivity index (χ3v) is 4.51. The first-order valence-electron chi connectivity index (χ1n) is 7.14. The van der Waals surface area contributed by atoms with Crippen molar-refractivity contribution in [2.24, 2.45) is 5.10 Å². The number of hydrazone groups is 1. The third kappa shape index (κ3) is 5.48. The minimum Gasteiger partial charge on any atom is -0.483 e. The number of carbonyl (C=O) groups is 1. The van der Waals surface area contributed by atoms with Gasteiger partial charge in [0.25, 0.3) is 5.91 Å². The van der Waals surface area contributed by atoms with Crippen LogP contribution in [-0.2, 0) is 10.2 Å². The average molecular weight is 395 g/mol. The Bertz CT molecular complexity index is 691. The number of benzene rings is 1. The Labute approximate surface area is 148 Å². The quantitative estimate of drug-likeness (QED) is 0.605. The van der Waals surface area contributed by atoms with Crippen LogP contribution in [0.4, 0.5) is 0 Å². The molecule has 23 heavy (non-hydrogen) atoms. The van der Waals surface area contributed by atoms with Crippen molar-refractivity contribution in [1.82, 2.24) is 5.43 Å². The molecule has 4 nitrogen and oxygen atoms in total. The van der Waals surface area contributed by atoms with E-state index in [1.165, 1.54) is 5.56 Å². The highest BCUT2D eigenvalue weighted by atomic mass is 79.9. The van der Waals surface area contributed by atoms with Gasteiger partial charge in [-0.2, -0.15) is 5.10 Å². The second kappa shape index (κ2) is 7.75. The molecule has 6 heteroatoms. The summed E-state index contributed by atoms with van der Waals surface area (Å²) in [5.41, 5.74) is 3.70. The van der Waals surface area contributed by atoms with Gasteiger partial charge in [0, 0.05) is 4.88 Å². The molecule has 1 N–H and O–H groups in total. The standard InChI is InChI=1S/C17H19BrN2O2S/c1-17(2,3)12-6-7-15(14(18)9-12)22-11-16(21)20-19-10-13-5-4-8-23-13/h4-10H,11H2,1-3H3,(H,20,21)/b19-10-. The molecule has 0 atom stereocenters. The summed E-state index contributed by atoms with van der Waals surface area (Å²) in [7, 11) is 0. The summed E-state index contributed by atoms with van der Waals surface area (Å²) in [6.45, 7) is 6.35. The fourth-order valence-electron chi connectivity index (χ4n) is 1.79. The summed E-state index contributed by atoms with van der Waals surface area (Å²) in [6.07, 6.45) is 1.61. The molecule has 0 spiro atoms. The maximum absolute atomic E-state index is 11.7. The molecule has 2 rings (SSSR count). The fourth-order valence-corrected chi connectivity index (χ4v) is 2.87. The van der Waals surface area contributed by atoms with Crippen molar-refractivity contribution in [3.63, 3.8) is 0 Å². The zero-order valence-corrected chi connectivity index (χ0v) is 15.7. The first kappa shape index (κ1) is 17.7. The van der Waals surface area contributed by atoms with Crippen LogP contribution in [-0.4, -0.2) is 18.7 Å². The first-order chi connectivity index (χ1) is 10.9. The van der Waals surface area contributed by atoms with Crippen molar-refractivity contribution in [1.29, 1.82) is 0 Å². The molecule has 0 radical (unpaired) electrons. The van der Waals surface area contributed by atoms with E-state index in [9.17, 15) is 4.79 Å². The molecule has 0 aliphatic carbocycles. The third-order valence-electron chi connectivity index (χ3n) is 3.08. The Morgan fingerprint density at radius 2 is 2.17 bits per heavy atom. The summed E-state index contributed by atoms with van der Waals surface area (Å²) in [4.78, 5) is 12.7. The lowest BCUT2D eigenvalue weighted by Gasteiger charge is -2.20. The van der Waals surface area contributed by atoms with Crippen LogP contribution < -0.4 is 10.2 Å². The smallest absolute Gasteiger partial charge is 0.277 e. The van der Waals surface area contributed by atoms with Crippen molar-refractivity contribution < 1.29 is 9.53 Å². The molecule has 0 saturated heterocycles. The summed E-state index contributed by atoms with van der Waals surface area (Å²) in [6, 6.07) is 9.74. The Morgan fingerprint density at radius 3 is 2.78 bits per heavy atom. The lowest BCUT2D eigenvalue weighted by Crippen LogP contribution is -2.24. The van der Waals surface area contributed by atoms with Gasteiger partial charge in [-0.15, -0.1) is 11.3 Å². The SMILES string of the molecule is CC(C)(C)c1ccc(OCC(=O)N/N=C\c2cccs2)c(Br)c1. The number of hydrogen-bond acceptors (Lipinski definition) is 4. The average Bonchev–Trinajstić information content (AvgIpc) is 2.98. The van der Waals surface area contributed by atoms with Gasteiger partial charge in [0.1, 0.15) is 5.75 Å². The molecule has 1 heterocycles. The number of carbonyl (C=O) groups excluding carboxylic acids is 1. The normalized spacial score (nSPS) is 11.7. The Balaban J connectivity index is 1.87. The predicted octanol–water partition coefficient (Wildman–Crippen LogP) is 4.34. The number of nitrogens with zero attached hydrogens (tertiary/aromatic N) is 1. The molecular formula is C17H19BrN2O2S. The molecule has 122 valence electrons. The van der Waals surface area contributed by atoms with Crippen LogP contribution in [0, 0.1) is 0 Å².